The van der Waals surface area contributed by atoms with Gasteiger partial charge in [-0.1, -0.05) is 0 Å². The normalized spacial score (nSPS) is 10.7. The van der Waals surface area contributed by atoms with Crippen LogP contribution < -0.4 is 10.6 Å². The summed E-state index contributed by atoms with van der Waals surface area (Å²) in [6.07, 6.45) is 1.59. The second-order valence-corrected chi connectivity index (χ2v) is 5.19. The summed E-state index contributed by atoms with van der Waals surface area (Å²) in [6.45, 7) is 1.50. The van der Waals surface area contributed by atoms with Gasteiger partial charge >= 0.3 is 0 Å². The zero-order valence-electron chi connectivity index (χ0n) is 10.8. The first-order valence-corrected chi connectivity index (χ1v) is 6.88. The Bertz CT molecular complexity index is 783. The van der Waals surface area contributed by atoms with Crippen LogP contribution in [-0.4, -0.2) is 15.9 Å². The van der Waals surface area contributed by atoms with Crippen molar-refractivity contribution in [2.45, 2.75) is 6.92 Å². The van der Waals surface area contributed by atoms with E-state index >= 15 is 0 Å². The Labute approximate surface area is 119 Å². The number of hydrogen-bond donors (Lipinski definition) is 1. The molecule has 2 heterocycles. The van der Waals surface area contributed by atoms with Gasteiger partial charge in [0, 0.05) is 24.9 Å². The number of fused-ring (bicyclic) bond motifs is 1. The molecule has 0 saturated heterocycles. The second kappa shape index (κ2) is 4.90. The van der Waals surface area contributed by atoms with Gasteiger partial charge in [0.25, 0.3) is 0 Å². The largest absolute Gasteiger partial charge is 0.399 e. The molecule has 0 aliphatic heterocycles. The number of benzene rings is 1. The zero-order valence-corrected chi connectivity index (χ0v) is 11.6. The van der Waals surface area contributed by atoms with Gasteiger partial charge in [-0.15, -0.1) is 11.3 Å². The van der Waals surface area contributed by atoms with Crippen LogP contribution in [0, 0.1) is 0 Å². The van der Waals surface area contributed by atoms with Gasteiger partial charge in [0.15, 0.2) is 0 Å². The molecule has 0 saturated carbocycles. The second-order valence-electron chi connectivity index (χ2n) is 4.31. The Kier molecular flexibility index (Phi) is 3.08. The number of thiazole rings is 1. The molecular formula is C14H12N4OS. The summed E-state index contributed by atoms with van der Waals surface area (Å²) in [5, 5.41) is 0. The molecule has 0 radical (unpaired) electrons. The van der Waals surface area contributed by atoms with Crippen LogP contribution in [0.1, 0.15) is 6.92 Å². The van der Waals surface area contributed by atoms with E-state index in [1.807, 2.05) is 18.2 Å². The summed E-state index contributed by atoms with van der Waals surface area (Å²) < 4.78 is 1.03. The molecular weight excluding hydrogens is 272 g/mol. The summed E-state index contributed by atoms with van der Waals surface area (Å²) in [4.78, 5) is 21.9. The molecule has 2 N–H and O–H groups in total. The Balaban J connectivity index is 2.12. The van der Waals surface area contributed by atoms with Crippen molar-refractivity contribution in [2.75, 3.05) is 10.6 Å². The van der Waals surface area contributed by atoms with E-state index in [4.69, 9.17) is 5.73 Å². The van der Waals surface area contributed by atoms with E-state index in [2.05, 4.69) is 9.97 Å². The molecule has 20 heavy (non-hydrogen) atoms. The fraction of sp³-hybridized carbons (Fsp3) is 0.0714. The Morgan fingerprint density at radius 2 is 2.10 bits per heavy atom. The topological polar surface area (TPSA) is 72.1 Å². The van der Waals surface area contributed by atoms with Crippen molar-refractivity contribution >= 4 is 44.7 Å². The van der Waals surface area contributed by atoms with Crippen LogP contribution in [0.4, 0.5) is 17.2 Å². The minimum absolute atomic E-state index is 0.119. The van der Waals surface area contributed by atoms with Crippen LogP contribution >= 0.6 is 11.3 Å². The summed E-state index contributed by atoms with van der Waals surface area (Å²) in [6, 6.07) is 9.05. The van der Waals surface area contributed by atoms with Gasteiger partial charge in [0.05, 0.1) is 21.4 Å². The van der Waals surface area contributed by atoms with Crippen molar-refractivity contribution in [3.05, 3.63) is 42.0 Å². The molecule has 3 rings (SSSR count). The molecule has 0 bridgehead atoms. The summed E-state index contributed by atoms with van der Waals surface area (Å²) >= 11 is 1.53. The van der Waals surface area contributed by atoms with Crippen molar-refractivity contribution in [3.8, 4) is 0 Å². The number of carbonyl (C=O) groups excluding carboxylic acids is 1. The molecule has 3 aromatic rings. The number of nitrogen functional groups attached to an aromatic ring is 1. The van der Waals surface area contributed by atoms with Crippen LogP contribution in [0.25, 0.3) is 10.2 Å². The summed E-state index contributed by atoms with van der Waals surface area (Å²) in [5.41, 5.74) is 9.79. The molecule has 0 aliphatic carbocycles. The highest BCUT2D eigenvalue weighted by atomic mass is 32.1. The van der Waals surface area contributed by atoms with Crippen LogP contribution in [0.5, 0.6) is 0 Å². The molecule has 0 fully saturated rings. The summed E-state index contributed by atoms with van der Waals surface area (Å²) in [5.74, 6) is 0.397. The molecule has 0 unspecified atom stereocenters. The van der Waals surface area contributed by atoms with Crippen molar-refractivity contribution in [1.82, 2.24) is 9.97 Å². The molecule has 0 atom stereocenters. The molecule has 1 aromatic carbocycles. The first-order chi connectivity index (χ1) is 9.65. The molecule has 0 spiro atoms. The number of aromatic nitrogens is 2. The first-order valence-electron chi connectivity index (χ1n) is 6.00. The van der Waals surface area contributed by atoms with Crippen LogP contribution in [0.2, 0.25) is 0 Å². The lowest BCUT2D eigenvalue weighted by atomic mass is 10.2. The zero-order chi connectivity index (χ0) is 14.1. The number of hydrogen-bond acceptors (Lipinski definition) is 5. The Morgan fingerprint density at radius 3 is 2.85 bits per heavy atom. The molecule has 1 amide bonds. The third kappa shape index (κ3) is 2.21. The molecule has 6 heteroatoms. The lowest BCUT2D eigenvalue weighted by molar-refractivity contribution is -0.115. The lowest BCUT2D eigenvalue weighted by Crippen LogP contribution is -2.23. The van der Waals surface area contributed by atoms with Gasteiger partial charge in [-0.25, -0.2) is 9.97 Å². The standard InChI is InChI=1S/C14H12N4OS/c1-9(19)18(14-6-10(15)4-5-16-14)11-2-3-12-13(7-11)20-8-17-12/h2-8H,1H3,(H2,15,16). The van der Waals surface area contributed by atoms with Gasteiger partial charge in [0.2, 0.25) is 5.91 Å². The average Bonchev–Trinajstić information content (AvgIpc) is 2.86. The van der Waals surface area contributed by atoms with Crippen molar-refractivity contribution in [3.63, 3.8) is 0 Å². The highest BCUT2D eigenvalue weighted by Gasteiger charge is 2.16. The number of amides is 1. The summed E-state index contributed by atoms with van der Waals surface area (Å²) in [7, 11) is 0. The minimum atomic E-state index is -0.119. The number of rotatable bonds is 2. The highest BCUT2D eigenvalue weighted by Crippen LogP contribution is 2.29. The van der Waals surface area contributed by atoms with E-state index in [0.29, 0.717) is 11.5 Å². The predicted molar refractivity (Wildman–Crippen MR) is 81.1 cm³/mol. The maximum atomic E-state index is 12.0. The van der Waals surface area contributed by atoms with Crippen molar-refractivity contribution in [1.29, 1.82) is 0 Å². The predicted octanol–water partition coefficient (Wildman–Crippen LogP) is 2.96. The number of carbonyl (C=O) groups is 1. The van der Waals surface area contributed by atoms with Crippen molar-refractivity contribution < 1.29 is 4.79 Å². The minimum Gasteiger partial charge on any atom is -0.399 e. The van der Waals surface area contributed by atoms with E-state index in [1.165, 1.54) is 23.2 Å². The molecule has 100 valence electrons. The van der Waals surface area contributed by atoms with E-state index in [9.17, 15) is 4.79 Å². The van der Waals surface area contributed by atoms with E-state index in [-0.39, 0.29) is 5.91 Å². The maximum Gasteiger partial charge on any atom is 0.229 e. The van der Waals surface area contributed by atoms with Crippen LogP contribution in [-0.2, 0) is 4.79 Å². The SMILES string of the molecule is CC(=O)N(c1ccc2ncsc2c1)c1cc(N)ccn1. The first kappa shape index (κ1) is 12.6. The average molecular weight is 284 g/mol. The third-order valence-electron chi connectivity index (χ3n) is 2.89. The highest BCUT2D eigenvalue weighted by molar-refractivity contribution is 7.16. The fourth-order valence-corrected chi connectivity index (χ4v) is 2.72. The third-order valence-corrected chi connectivity index (χ3v) is 3.68. The molecule has 0 aliphatic rings. The maximum absolute atomic E-state index is 12.0. The van der Waals surface area contributed by atoms with E-state index < -0.39 is 0 Å². The molecule has 5 nitrogen and oxygen atoms in total. The lowest BCUT2D eigenvalue weighted by Gasteiger charge is -2.20. The number of pyridine rings is 1. The van der Waals surface area contributed by atoms with E-state index in [0.717, 1.165) is 15.9 Å². The number of anilines is 3. The number of nitrogens with two attached hydrogens (primary N) is 1. The smallest absolute Gasteiger partial charge is 0.229 e. The quantitative estimate of drug-likeness (QED) is 0.785. The van der Waals surface area contributed by atoms with Gasteiger partial charge < -0.3 is 5.73 Å². The van der Waals surface area contributed by atoms with Gasteiger partial charge in [0.1, 0.15) is 5.82 Å². The van der Waals surface area contributed by atoms with Crippen LogP contribution in [0.3, 0.4) is 0 Å². The van der Waals surface area contributed by atoms with Crippen LogP contribution in [0.15, 0.2) is 42.0 Å². The van der Waals surface area contributed by atoms with E-state index in [1.54, 1.807) is 23.8 Å². The van der Waals surface area contributed by atoms with Gasteiger partial charge in [-0.05, 0) is 24.3 Å². The Hall–Kier alpha value is -2.47. The van der Waals surface area contributed by atoms with Gasteiger partial charge in [-0.2, -0.15) is 0 Å². The van der Waals surface area contributed by atoms with Crippen molar-refractivity contribution in [2.24, 2.45) is 0 Å². The fourth-order valence-electron chi connectivity index (χ4n) is 2.01. The monoisotopic (exact) mass is 284 g/mol. The van der Waals surface area contributed by atoms with Gasteiger partial charge in [-0.3, -0.25) is 9.69 Å². The Morgan fingerprint density at radius 1 is 1.25 bits per heavy atom. The number of nitrogens with zero attached hydrogens (tertiary/aromatic N) is 3. The molecule has 2 aromatic heterocycles.